The van der Waals surface area contributed by atoms with Crippen LogP contribution in [0.25, 0.3) is 0 Å². The van der Waals surface area contributed by atoms with E-state index >= 15 is 0 Å². The predicted octanol–water partition coefficient (Wildman–Crippen LogP) is 3.67. The van der Waals surface area contributed by atoms with Crippen LogP contribution in [0.1, 0.15) is 34.1 Å². The van der Waals surface area contributed by atoms with Gasteiger partial charge in [-0.2, -0.15) is 5.10 Å². The van der Waals surface area contributed by atoms with Crippen molar-refractivity contribution in [2.45, 2.75) is 12.5 Å². The van der Waals surface area contributed by atoms with Gasteiger partial charge >= 0.3 is 0 Å². The Bertz CT molecular complexity index is 858. The van der Waals surface area contributed by atoms with Crippen LogP contribution in [0.5, 0.6) is 0 Å². The average molecular weight is 317 g/mol. The van der Waals surface area contributed by atoms with E-state index in [-0.39, 0.29) is 11.9 Å². The number of benzene rings is 1. The fraction of sp³-hybridized carbons (Fsp3) is 0.105. The number of nitrogens with zero attached hydrogens (tertiary/aromatic N) is 3. The molecule has 118 valence electrons. The van der Waals surface area contributed by atoms with Crippen LogP contribution in [-0.4, -0.2) is 21.6 Å². The van der Waals surface area contributed by atoms with Gasteiger partial charge in [-0.15, -0.1) is 0 Å². The third-order valence-electron chi connectivity index (χ3n) is 4.02. The molecule has 5 nitrogen and oxygen atoms in total. The lowest BCUT2D eigenvalue weighted by atomic mass is 10.0. The van der Waals surface area contributed by atoms with Crippen LogP contribution in [0.4, 0.5) is 0 Å². The smallest absolute Gasteiger partial charge is 0.274 e. The third-order valence-corrected chi connectivity index (χ3v) is 4.02. The van der Waals surface area contributed by atoms with Crippen molar-refractivity contribution in [1.82, 2.24) is 9.99 Å². The van der Waals surface area contributed by atoms with Crippen LogP contribution < -0.4 is 0 Å². The molecular weight excluding hydrogens is 302 g/mol. The van der Waals surface area contributed by atoms with E-state index in [2.05, 4.69) is 10.1 Å². The van der Waals surface area contributed by atoms with Crippen molar-refractivity contribution >= 4 is 11.6 Å². The lowest BCUT2D eigenvalue weighted by molar-refractivity contribution is 0.0693. The number of hydrogen-bond acceptors (Lipinski definition) is 4. The molecule has 2 aromatic heterocycles. The van der Waals surface area contributed by atoms with E-state index in [4.69, 9.17) is 4.42 Å². The lowest BCUT2D eigenvalue weighted by Crippen LogP contribution is -2.26. The van der Waals surface area contributed by atoms with Crippen molar-refractivity contribution in [3.63, 3.8) is 0 Å². The molecule has 1 unspecified atom stereocenters. The van der Waals surface area contributed by atoms with Gasteiger partial charge in [0.25, 0.3) is 5.91 Å². The molecule has 1 amide bonds. The number of carbonyl (C=O) groups excluding carboxylic acids is 1. The largest absolute Gasteiger partial charge is 0.467 e. The summed E-state index contributed by atoms with van der Waals surface area (Å²) in [4.78, 5) is 16.9. The molecule has 0 saturated carbocycles. The second kappa shape index (κ2) is 6.12. The summed E-state index contributed by atoms with van der Waals surface area (Å²) in [7, 11) is 0. The highest BCUT2D eigenvalue weighted by Crippen LogP contribution is 2.33. The maximum absolute atomic E-state index is 12.9. The highest BCUT2D eigenvalue weighted by atomic mass is 16.3. The van der Waals surface area contributed by atoms with Crippen molar-refractivity contribution in [2.75, 3.05) is 0 Å². The Morgan fingerprint density at radius 1 is 1.04 bits per heavy atom. The molecule has 4 rings (SSSR count). The normalized spacial score (nSPS) is 16.9. The van der Waals surface area contributed by atoms with Crippen molar-refractivity contribution in [3.05, 3.63) is 90.1 Å². The first kappa shape index (κ1) is 14.4. The minimum absolute atomic E-state index is 0.138. The van der Waals surface area contributed by atoms with Gasteiger partial charge in [0.05, 0.1) is 12.0 Å². The first-order valence-electron chi connectivity index (χ1n) is 7.73. The van der Waals surface area contributed by atoms with Crippen LogP contribution in [0.3, 0.4) is 0 Å². The topological polar surface area (TPSA) is 58.7 Å². The lowest BCUT2D eigenvalue weighted by Gasteiger charge is -2.19. The molecule has 5 heteroatoms. The van der Waals surface area contributed by atoms with E-state index in [1.54, 1.807) is 30.8 Å². The molecule has 0 bridgehead atoms. The Morgan fingerprint density at radius 3 is 2.54 bits per heavy atom. The minimum Gasteiger partial charge on any atom is -0.467 e. The van der Waals surface area contributed by atoms with Crippen molar-refractivity contribution in [3.8, 4) is 0 Å². The van der Waals surface area contributed by atoms with Crippen molar-refractivity contribution in [1.29, 1.82) is 0 Å². The maximum atomic E-state index is 12.9. The highest BCUT2D eigenvalue weighted by Gasteiger charge is 2.35. The average Bonchev–Trinajstić information content (AvgIpc) is 3.32. The Morgan fingerprint density at radius 2 is 1.83 bits per heavy atom. The van der Waals surface area contributed by atoms with E-state index in [0.29, 0.717) is 12.0 Å². The summed E-state index contributed by atoms with van der Waals surface area (Å²) >= 11 is 0. The van der Waals surface area contributed by atoms with Crippen LogP contribution in [0.15, 0.2) is 82.8 Å². The number of amides is 1. The van der Waals surface area contributed by atoms with E-state index in [0.717, 1.165) is 17.0 Å². The summed E-state index contributed by atoms with van der Waals surface area (Å²) < 4.78 is 5.54. The van der Waals surface area contributed by atoms with Crippen LogP contribution in [0, 0.1) is 0 Å². The van der Waals surface area contributed by atoms with Crippen molar-refractivity contribution < 1.29 is 9.21 Å². The standard InChI is InChI=1S/C19H15N3O2/c23-19(15-5-2-1-3-6-15)22-17(18-7-4-12-24-18)13-16(21-22)14-8-10-20-11-9-14/h1-12,17H,13H2. The van der Waals surface area contributed by atoms with Gasteiger partial charge < -0.3 is 4.42 Å². The monoisotopic (exact) mass is 317 g/mol. The van der Waals surface area contributed by atoms with E-state index in [1.165, 1.54) is 5.01 Å². The molecule has 0 aliphatic carbocycles. The molecule has 1 atom stereocenters. The zero-order chi connectivity index (χ0) is 16.4. The van der Waals surface area contributed by atoms with Gasteiger partial charge in [-0.05, 0) is 36.4 Å². The second-order valence-electron chi connectivity index (χ2n) is 5.53. The zero-order valence-electron chi connectivity index (χ0n) is 12.9. The number of hydrogen-bond donors (Lipinski definition) is 0. The number of carbonyl (C=O) groups is 1. The molecule has 0 radical (unpaired) electrons. The highest BCUT2D eigenvalue weighted by molar-refractivity contribution is 6.04. The third kappa shape index (κ3) is 2.60. The summed E-state index contributed by atoms with van der Waals surface area (Å²) in [5.74, 6) is 0.591. The molecule has 3 aromatic rings. The summed E-state index contributed by atoms with van der Waals surface area (Å²) in [5, 5.41) is 6.10. The fourth-order valence-electron chi connectivity index (χ4n) is 2.83. The molecule has 24 heavy (non-hydrogen) atoms. The first-order chi connectivity index (χ1) is 11.8. The maximum Gasteiger partial charge on any atom is 0.274 e. The number of furan rings is 1. The quantitative estimate of drug-likeness (QED) is 0.740. The summed E-state index contributed by atoms with van der Waals surface area (Å²) in [6.45, 7) is 0. The van der Waals surface area contributed by atoms with Crippen LogP contribution >= 0.6 is 0 Å². The molecule has 1 aliphatic rings. The van der Waals surface area contributed by atoms with Gasteiger partial charge in [-0.1, -0.05) is 18.2 Å². The van der Waals surface area contributed by atoms with Crippen molar-refractivity contribution in [2.24, 2.45) is 5.10 Å². The first-order valence-corrected chi connectivity index (χ1v) is 7.73. The van der Waals surface area contributed by atoms with Gasteiger partial charge in [0, 0.05) is 29.9 Å². The molecule has 3 heterocycles. The second-order valence-corrected chi connectivity index (χ2v) is 5.53. The Hall–Kier alpha value is -3.21. The number of hydrazone groups is 1. The minimum atomic E-state index is -0.240. The SMILES string of the molecule is O=C(c1ccccc1)N1N=C(c2ccncc2)CC1c1ccco1. The molecule has 1 aliphatic heterocycles. The van der Waals surface area contributed by atoms with E-state index < -0.39 is 0 Å². The Kier molecular flexibility index (Phi) is 3.67. The van der Waals surface area contributed by atoms with Gasteiger partial charge in [0.15, 0.2) is 0 Å². The molecule has 0 N–H and O–H groups in total. The predicted molar refractivity (Wildman–Crippen MR) is 89.5 cm³/mol. The summed E-state index contributed by atoms with van der Waals surface area (Å²) in [6, 6.07) is 16.4. The van der Waals surface area contributed by atoms with Crippen LogP contribution in [-0.2, 0) is 0 Å². The summed E-state index contributed by atoms with van der Waals surface area (Å²) in [5.41, 5.74) is 2.42. The zero-order valence-corrected chi connectivity index (χ0v) is 12.9. The van der Waals surface area contributed by atoms with E-state index in [1.807, 2.05) is 42.5 Å². The van der Waals surface area contributed by atoms with Gasteiger partial charge in [0.1, 0.15) is 11.8 Å². The Balaban J connectivity index is 1.72. The van der Waals surface area contributed by atoms with Crippen LogP contribution in [0.2, 0.25) is 0 Å². The fourth-order valence-corrected chi connectivity index (χ4v) is 2.83. The molecule has 1 aromatic carbocycles. The summed E-state index contributed by atoms with van der Waals surface area (Å²) in [6.07, 6.45) is 5.67. The molecular formula is C19H15N3O2. The molecule has 0 saturated heterocycles. The number of aromatic nitrogens is 1. The van der Waals surface area contributed by atoms with Gasteiger partial charge in [-0.3, -0.25) is 9.78 Å². The van der Waals surface area contributed by atoms with Gasteiger partial charge in [0.2, 0.25) is 0 Å². The Labute approximate surface area is 139 Å². The van der Waals surface area contributed by atoms with E-state index in [9.17, 15) is 4.79 Å². The molecule has 0 spiro atoms. The van der Waals surface area contributed by atoms with Gasteiger partial charge in [-0.25, -0.2) is 5.01 Å². The number of pyridine rings is 1. The molecule has 0 fully saturated rings. The number of rotatable bonds is 3.